The molecule has 1 fully saturated rings. The Morgan fingerprint density at radius 3 is 2.26 bits per heavy atom. The number of likely N-dealkylation sites (tertiary alicyclic amines) is 1. The molecule has 0 radical (unpaired) electrons. The molecule has 1 heterocycles. The van der Waals surface area contributed by atoms with Crippen molar-refractivity contribution in [2.45, 2.75) is 70.2 Å². The van der Waals surface area contributed by atoms with Gasteiger partial charge in [0.2, 0.25) is 0 Å². The van der Waals surface area contributed by atoms with Gasteiger partial charge in [0.15, 0.2) is 15.8 Å². The Morgan fingerprint density at radius 1 is 1.13 bits per heavy atom. The van der Waals surface area contributed by atoms with Crippen molar-refractivity contribution in [2.24, 2.45) is 4.99 Å². The van der Waals surface area contributed by atoms with Crippen LogP contribution in [0.25, 0.3) is 0 Å². The molecule has 0 bridgehead atoms. The predicted octanol–water partition coefficient (Wildman–Crippen LogP) is 3.81. The van der Waals surface area contributed by atoms with Crippen LogP contribution in [0, 0.1) is 0 Å². The maximum absolute atomic E-state index is 12.7. The zero-order chi connectivity index (χ0) is 22.2. The summed E-state index contributed by atoms with van der Waals surface area (Å²) in [4.78, 5) is 7.40. The van der Waals surface area contributed by atoms with Crippen molar-refractivity contribution in [3.63, 3.8) is 0 Å². The minimum atomic E-state index is -3.35. The third-order valence-corrected chi connectivity index (χ3v) is 7.23. The van der Waals surface area contributed by atoms with Crippen LogP contribution in [0.15, 0.2) is 34.2 Å². The van der Waals surface area contributed by atoms with E-state index >= 15 is 0 Å². The number of sulfone groups is 1. The minimum Gasteiger partial charge on any atom is -0.357 e. The standard InChI is InChI=1S/C23H40N4O2S.HI/c1-6-15-27-16-12-20(13-17-27)26-22(24-7-2)25-14-18-30(28,29)21-10-8-19(9-11-21)23(3,4)5;/h8-11,20H,6-7,12-18H2,1-5H3,(H2,24,25,26);1H. The van der Waals surface area contributed by atoms with E-state index in [0.717, 1.165) is 44.6 Å². The van der Waals surface area contributed by atoms with Gasteiger partial charge in [-0.2, -0.15) is 0 Å². The van der Waals surface area contributed by atoms with Crippen molar-refractivity contribution in [1.82, 2.24) is 15.5 Å². The fourth-order valence-electron chi connectivity index (χ4n) is 3.69. The van der Waals surface area contributed by atoms with Crippen LogP contribution in [0.1, 0.15) is 59.4 Å². The number of hydrogen-bond donors (Lipinski definition) is 2. The summed E-state index contributed by atoms with van der Waals surface area (Å²) in [5, 5.41) is 6.73. The van der Waals surface area contributed by atoms with Crippen molar-refractivity contribution >= 4 is 39.8 Å². The smallest absolute Gasteiger partial charge is 0.191 e. The minimum absolute atomic E-state index is 0. The van der Waals surface area contributed by atoms with Gasteiger partial charge in [-0.1, -0.05) is 39.8 Å². The number of rotatable bonds is 8. The number of benzene rings is 1. The topological polar surface area (TPSA) is 73.8 Å². The molecule has 1 aromatic rings. The highest BCUT2D eigenvalue weighted by Crippen LogP contribution is 2.23. The Bertz CT molecular complexity index is 781. The van der Waals surface area contributed by atoms with Crippen molar-refractivity contribution in [3.05, 3.63) is 29.8 Å². The Kier molecular flexibility index (Phi) is 11.8. The second kappa shape index (κ2) is 13.0. The number of nitrogens with zero attached hydrogens (tertiary/aromatic N) is 2. The fourth-order valence-corrected chi connectivity index (χ4v) is 4.81. The SMILES string of the molecule is CCCN1CCC(NC(=NCCS(=O)(=O)c2ccc(C(C)(C)C)cc2)NCC)CC1.I. The van der Waals surface area contributed by atoms with Crippen molar-refractivity contribution in [3.8, 4) is 0 Å². The maximum Gasteiger partial charge on any atom is 0.191 e. The Balaban J connectivity index is 0.00000480. The summed E-state index contributed by atoms with van der Waals surface area (Å²) in [5.74, 6) is 0.720. The van der Waals surface area contributed by atoms with Crippen LogP contribution in [0.5, 0.6) is 0 Å². The molecule has 178 valence electrons. The highest BCUT2D eigenvalue weighted by molar-refractivity contribution is 14.0. The van der Waals surface area contributed by atoms with Crippen molar-refractivity contribution in [1.29, 1.82) is 0 Å². The van der Waals surface area contributed by atoms with Gasteiger partial charge in [-0.15, -0.1) is 24.0 Å². The summed E-state index contributed by atoms with van der Waals surface area (Å²) in [7, 11) is -3.35. The normalized spacial score (nSPS) is 16.6. The molecule has 1 aliphatic rings. The monoisotopic (exact) mass is 564 g/mol. The van der Waals surface area contributed by atoms with Gasteiger partial charge in [0.05, 0.1) is 17.2 Å². The Hall–Kier alpha value is -0.870. The first-order chi connectivity index (χ1) is 14.2. The highest BCUT2D eigenvalue weighted by atomic mass is 127. The molecular weight excluding hydrogens is 523 g/mol. The van der Waals surface area contributed by atoms with E-state index in [2.05, 4.69) is 48.2 Å². The summed E-state index contributed by atoms with van der Waals surface area (Å²) in [6.45, 7) is 15.0. The van der Waals surface area contributed by atoms with Gasteiger partial charge in [-0.3, -0.25) is 4.99 Å². The van der Waals surface area contributed by atoms with E-state index in [1.54, 1.807) is 12.1 Å². The third kappa shape index (κ3) is 9.26. The van der Waals surface area contributed by atoms with Gasteiger partial charge in [0, 0.05) is 25.7 Å². The molecule has 1 aliphatic heterocycles. The van der Waals surface area contributed by atoms with Gasteiger partial charge in [-0.05, 0) is 55.8 Å². The molecule has 8 heteroatoms. The van der Waals surface area contributed by atoms with Crippen LogP contribution in [0.4, 0.5) is 0 Å². The van der Waals surface area contributed by atoms with E-state index in [9.17, 15) is 8.42 Å². The first-order valence-electron chi connectivity index (χ1n) is 11.3. The second-order valence-electron chi connectivity index (χ2n) is 9.11. The lowest BCUT2D eigenvalue weighted by molar-refractivity contribution is 0.206. The number of piperidine rings is 1. The average molecular weight is 565 g/mol. The summed E-state index contributed by atoms with van der Waals surface area (Å²) >= 11 is 0. The number of halogens is 1. The summed E-state index contributed by atoms with van der Waals surface area (Å²) < 4.78 is 25.4. The number of aliphatic imine (C=N–C) groups is 1. The molecular formula is C23H41IN4O2S. The molecule has 6 nitrogen and oxygen atoms in total. The molecule has 1 saturated heterocycles. The lowest BCUT2D eigenvalue weighted by Gasteiger charge is -2.32. The molecule has 0 amide bonds. The Morgan fingerprint density at radius 2 is 1.74 bits per heavy atom. The predicted molar refractivity (Wildman–Crippen MR) is 141 cm³/mol. The number of guanidine groups is 1. The zero-order valence-corrected chi connectivity index (χ0v) is 22.9. The van der Waals surface area contributed by atoms with E-state index in [-0.39, 0.29) is 41.7 Å². The van der Waals surface area contributed by atoms with Crippen LogP contribution >= 0.6 is 24.0 Å². The Labute approximate surface area is 206 Å². The molecule has 2 rings (SSSR count). The van der Waals surface area contributed by atoms with E-state index < -0.39 is 9.84 Å². The van der Waals surface area contributed by atoms with E-state index in [0.29, 0.717) is 16.9 Å². The molecule has 1 aromatic carbocycles. The van der Waals surface area contributed by atoms with Crippen LogP contribution in [0.2, 0.25) is 0 Å². The van der Waals surface area contributed by atoms with Crippen molar-refractivity contribution in [2.75, 3.05) is 38.5 Å². The quantitative estimate of drug-likeness (QED) is 0.286. The molecule has 2 N–H and O–H groups in total. The summed E-state index contributed by atoms with van der Waals surface area (Å²) in [6, 6.07) is 7.64. The van der Waals surface area contributed by atoms with Gasteiger partial charge in [0.1, 0.15) is 0 Å². The molecule has 0 atom stereocenters. The lowest BCUT2D eigenvalue weighted by atomic mass is 9.87. The van der Waals surface area contributed by atoms with Crippen LogP contribution in [-0.4, -0.2) is 63.8 Å². The zero-order valence-electron chi connectivity index (χ0n) is 19.8. The van der Waals surface area contributed by atoms with Gasteiger partial charge >= 0.3 is 0 Å². The largest absolute Gasteiger partial charge is 0.357 e. The first-order valence-corrected chi connectivity index (χ1v) is 12.9. The van der Waals surface area contributed by atoms with Gasteiger partial charge in [0.25, 0.3) is 0 Å². The molecule has 0 unspecified atom stereocenters. The molecule has 0 aliphatic carbocycles. The average Bonchev–Trinajstić information content (AvgIpc) is 2.69. The highest BCUT2D eigenvalue weighted by Gasteiger charge is 2.20. The van der Waals surface area contributed by atoms with Crippen LogP contribution < -0.4 is 10.6 Å². The van der Waals surface area contributed by atoms with Crippen molar-refractivity contribution < 1.29 is 8.42 Å². The molecule has 0 aromatic heterocycles. The maximum atomic E-state index is 12.7. The summed E-state index contributed by atoms with van der Waals surface area (Å²) in [6.07, 6.45) is 3.36. The first kappa shape index (κ1) is 28.2. The summed E-state index contributed by atoms with van der Waals surface area (Å²) in [5.41, 5.74) is 1.13. The van der Waals surface area contributed by atoms with Gasteiger partial charge in [-0.25, -0.2) is 8.42 Å². The van der Waals surface area contributed by atoms with Gasteiger partial charge < -0.3 is 15.5 Å². The van der Waals surface area contributed by atoms with E-state index in [1.165, 1.54) is 6.42 Å². The molecule has 0 spiro atoms. The lowest BCUT2D eigenvalue weighted by Crippen LogP contribution is -2.48. The number of nitrogens with one attached hydrogen (secondary N) is 2. The fraction of sp³-hybridized carbons (Fsp3) is 0.696. The molecule has 0 saturated carbocycles. The van der Waals surface area contributed by atoms with E-state index in [1.807, 2.05) is 19.1 Å². The van der Waals surface area contributed by atoms with Crippen LogP contribution in [0.3, 0.4) is 0 Å². The number of hydrogen-bond acceptors (Lipinski definition) is 4. The second-order valence-corrected chi connectivity index (χ2v) is 11.2. The van der Waals surface area contributed by atoms with E-state index in [4.69, 9.17) is 0 Å². The third-order valence-electron chi connectivity index (χ3n) is 5.52. The van der Waals surface area contributed by atoms with Crippen LogP contribution in [-0.2, 0) is 15.3 Å². The molecule has 31 heavy (non-hydrogen) atoms.